The molecule has 2 heterocycles. The first-order valence-corrected chi connectivity index (χ1v) is 7.34. The second-order valence-corrected chi connectivity index (χ2v) is 6.77. The van der Waals surface area contributed by atoms with Crippen molar-refractivity contribution in [3.63, 3.8) is 0 Å². The fraction of sp³-hybridized carbons (Fsp3) is 0.273. The molecule has 0 amide bonds. The molecule has 2 nitrogen and oxygen atoms in total. The molecule has 0 fully saturated rings. The normalized spacial score (nSPS) is 10.6. The van der Waals surface area contributed by atoms with Crippen LogP contribution >= 0.6 is 38.6 Å². The molecule has 86 valence electrons. The molecular formula is C11H12BrNOS2. The third kappa shape index (κ3) is 3.07. The number of halogens is 1. The Balaban J connectivity index is 1.84. The molecule has 0 atom stereocenters. The maximum atomic E-state index is 5.26. The van der Waals surface area contributed by atoms with E-state index in [1.165, 1.54) is 13.5 Å². The summed E-state index contributed by atoms with van der Waals surface area (Å²) in [6.07, 6.45) is 0. The van der Waals surface area contributed by atoms with Crippen LogP contribution in [0.4, 0.5) is 0 Å². The third-order valence-electron chi connectivity index (χ3n) is 2.14. The molecule has 0 unspecified atom stereocenters. The number of hydrogen-bond donors (Lipinski definition) is 1. The van der Waals surface area contributed by atoms with Crippen molar-refractivity contribution < 1.29 is 4.74 Å². The Hall–Kier alpha value is -0.360. The highest BCUT2D eigenvalue weighted by Gasteiger charge is 2.04. The van der Waals surface area contributed by atoms with Crippen LogP contribution in [-0.2, 0) is 13.1 Å². The van der Waals surface area contributed by atoms with Gasteiger partial charge in [-0.3, -0.25) is 0 Å². The van der Waals surface area contributed by atoms with Crippen LogP contribution in [0.15, 0.2) is 27.4 Å². The molecule has 1 N–H and O–H groups in total. The zero-order valence-corrected chi connectivity index (χ0v) is 12.0. The van der Waals surface area contributed by atoms with E-state index in [1.54, 1.807) is 29.8 Å². The molecule has 0 aromatic carbocycles. The van der Waals surface area contributed by atoms with Crippen molar-refractivity contribution in [3.8, 4) is 5.75 Å². The zero-order chi connectivity index (χ0) is 11.4. The molecule has 16 heavy (non-hydrogen) atoms. The van der Waals surface area contributed by atoms with E-state index >= 15 is 0 Å². The quantitative estimate of drug-likeness (QED) is 0.903. The predicted molar refractivity (Wildman–Crippen MR) is 73.4 cm³/mol. The summed E-state index contributed by atoms with van der Waals surface area (Å²) in [4.78, 5) is 2.58. The van der Waals surface area contributed by atoms with Gasteiger partial charge < -0.3 is 10.1 Å². The average Bonchev–Trinajstić information content (AvgIpc) is 2.87. The molecule has 0 saturated heterocycles. The molecule has 0 aliphatic rings. The molecule has 5 heteroatoms. The van der Waals surface area contributed by atoms with Gasteiger partial charge in [-0.25, -0.2) is 0 Å². The fourth-order valence-electron chi connectivity index (χ4n) is 1.39. The molecule has 0 saturated carbocycles. The Labute approximate surface area is 111 Å². The van der Waals surface area contributed by atoms with Crippen molar-refractivity contribution in [3.05, 3.63) is 37.1 Å². The first-order chi connectivity index (χ1) is 7.79. The summed E-state index contributed by atoms with van der Waals surface area (Å²) in [6.45, 7) is 1.76. The van der Waals surface area contributed by atoms with E-state index in [-0.39, 0.29) is 0 Å². The van der Waals surface area contributed by atoms with Crippen LogP contribution in [0, 0.1) is 0 Å². The first-order valence-electron chi connectivity index (χ1n) is 4.85. The minimum atomic E-state index is 0.857. The largest absolute Gasteiger partial charge is 0.496 e. The molecule has 2 aromatic rings. The second-order valence-electron chi connectivity index (χ2n) is 3.22. The summed E-state index contributed by atoms with van der Waals surface area (Å²) in [5.41, 5.74) is 0. The van der Waals surface area contributed by atoms with Gasteiger partial charge in [-0.1, -0.05) is 0 Å². The van der Waals surface area contributed by atoms with Gasteiger partial charge in [0, 0.05) is 18.0 Å². The third-order valence-corrected chi connectivity index (χ3v) is 4.66. The van der Waals surface area contributed by atoms with Crippen LogP contribution in [0.25, 0.3) is 0 Å². The smallest absolute Gasteiger partial charge is 0.134 e. The highest BCUT2D eigenvalue weighted by atomic mass is 79.9. The van der Waals surface area contributed by atoms with Crippen molar-refractivity contribution in [2.24, 2.45) is 0 Å². The summed E-state index contributed by atoms with van der Waals surface area (Å²) >= 11 is 6.94. The molecule has 0 aliphatic carbocycles. The Kier molecular flexibility index (Phi) is 4.40. The average molecular weight is 318 g/mol. The monoisotopic (exact) mass is 317 g/mol. The van der Waals surface area contributed by atoms with Gasteiger partial charge in [0.15, 0.2) is 0 Å². The van der Waals surface area contributed by atoms with Crippen molar-refractivity contribution in [2.45, 2.75) is 13.1 Å². The highest BCUT2D eigenvalue weighted by Crippen LogP contribution is 2.25. The van der Waals surface area contributed by atoms with Crippen molar-refractivity contribution in [2.75, 3.05) is 7.11 Å². The topological polar surface area (TPSA) is 21.3 Å². The van der Waals surface area contributed by atoms with E-state index in [0.717, 1.165) is 18.8 Å². The predicted octanol–water partition coefficient (Wildman–Crippen LogP) is 3.87. The molecule has 2 rings (SSSR count). The molecule has 0 bridgehead atoms. The molecular weight excluding hydrogens is 306 g/mol. The van der Waals surface area contributed by atoms with Crippen LogP contribution in [0.1, 0.15) is 9.75 Å². The number of nitrogens with one attached hydrogen (secondary N) is 1. The van der Waals surface area contributed by atoms with Gasteiger partial charge in [0.25, 0.3) is 0 Å². The zero-order valence-electron chi connectivity index (χ0n) is 8.83. The van der Waals surface area contributed by atoms with E-state index in [0.29, 0.717) is 0 Å². The van der Waals surface area contributed by atoms with Gasteiger partial charge in [-0.15, -0.1) is 22.7 Å². The molecule has 2 aromatic heterocycles. The number of thiophene rings is 2. The van der Waals surface area contributed by atoms with Gasteiger partial charge in [0.05, 0.1) is 15.8 Å². The van der Waals surface area contributed by atoms with Gasteiger partial charge in [0.2, 0.25) is 0 Å². The van der Waals surface area contributed by atoms with Crippen molar-refractivity contribution >= 4 is 38.6 Å². The number of rotatable bonds is 5. The van der Waals surface area contributed by atoms with E-state index in [9.17, 15) is 0 Å². The lowest BCUT2D eigenvalue weighted by atomic mass is 10.4. The van der Waals surface area contributed by atoms with Crippen LogP contribution in [0.5, 0.6) is 5.75 Å². The van der Waals surface area contributed by atoms with Crippen LogP contribution in [0.2, 0.25) is 0 Å². The van der Waals surface area contributed by atoms with E-state index < -0.39 is 0 Å². The standard InChI is InChI=1S/C11H12BrNOS2/c1-14-9-4-5-15-10(9)7-13-6-8-2-3-11(12)16-8/h2-5,13H,6-7H2,1H3. The fourth-order valence-corrected chi connectivity index (χ4v) is 3.65. The van der Waals surface area contributed by atoms with Crippen LogP contribution in [0.3, 0.4) is 0 Å². The van der Waals surface area contributed by atoms with E-state index in [2.05, 4.69) is 38.8 Å². The van der Waals surface area contributed by atoms with Gasteiger partial charge in [-0.05, 0) is 39.5 Å². The summed E-state index contributed by atoms with van der Waals surface area (Å²) < 4.78 is 6.44. The second kappa shape index (κ2) is 5.82. The summed E-state index contributed by atoms with van der Waals surface area (Å²) in [6, 6.07) is 6.21. The van der Waals surface area contributed by atoms with Crippen molar-refractivity contribution in [1.29, 1.82) is 0 Å². The first kappa shape index (κ1) is 12.1. The number of hydrogen-bond acceptors (Lipinski definition) is 4. The number of methoxy groups -OCH3 is 1. The van der Waals surface area contributed by atoms with Crippen LogP contribution < -0.4 is 10.1 Å². The van der Waals surface area contributed by atoms with Gasteiger partial charge in [-0.2, -0.15) is 0 Å². The highest BCUT2D eigenvalue weighted by molar-refractivity contribution is 9.11. The minimum absolute atomic E-state index is 0.857. The lowest BCUT2D eigenvalue weighted by Gasteiger charge is -2.03. The Morgan fingerprint density at radius 2 is 2.19 bits per heavy atom. The Bertz CT molecular complexity index is 452. The van der Waals surface area contributed by atoms with E-state index in [1.807, 2.05) is 6.07 Å². The SMILES string of the molecule is COc1ccsc1CNCc1ccc(Br)s1. The summed E-state index contributed by atoms with van der Waals surface area (Å²) in [7, 11) is 1.71. The molecule has 0 aliphatic heterocycles. The minimum Gasteiger partial charge on any atom is -0.496 e. The summed E-state index contributed by atoms with van der Waals surface area (Å²) in [5.74, 6) is 0.977. The Morgan fingerprint density at radius 3 is 2.88 bits per heavy atom. The molecule has 0 spiro atoms. The molecule has 0 radical (unpaired) electrons. The maximum absolute atomic E-state index is 5.26. The van der Waals surface area contributed by atoms with Gasteiger partial charge >= 0.3 is 0 Å². The maximum Gasteiger partial charge on any atom is 0.134 e. The lowest BCUT2D eigenvalue weighted by Crippen LogP contribution is -2.11. The van der Waals surface area contributed by atoms with Gasteiger partial charge in [0.1, 0.15) is 5.75 Å². The lowest BCUT2D eigenvalue weighted by molar-refractivity contribution is 0.410. The van der Waals surface area contributed by atoms with E-state index in [4.69, 9.17) is 4.74 Å². The van der Waals surface area contributed by atoms with Crippen molar-refractivity contribution in [1.82, 2.24) is 5.32 Å². The number of ether oxygens (including phenoxy) is 1. The Morgan fingerprint density at radius 1 is 1.31 bits per heavy atom. The van der Waals surface area contributed by atoms with Crippen LogP contribution in [-0.4, -0.2) is 7.11 Å². The summed E-state index contributed by atoms with van der Waals surface area (Å²) in [5, 5.41) is 5.47.